The zero-order valence-corrected chi connectivity index (χ0v) is 12.8. The first-order chi connectivity index (χ1) is 10.2. The van der Waals surface area contributed by atoms with Crippen LogP contribution >= 0.6 is 0 Å². The van der Waals surface area contributed by atoms with Crippen LogP contribution in [-0.4, -0.2) is 42.9 Å². The zero-order valence-electron chi connectivity index (χ0n) is 12.8. The van der Waals surface area contributed by atoms with Gasteiger partial charge in [0.1, 0.15) is 0 Å². The van der Waals surface area contributed by atoms with Gasteiger partial charge >= 0.3 is 0 Å². The van der Waals surface area contributed by atoms with Crippen LogP contribution in [0.15, 0.2) is 12.1 Å². The van der Waals surface area contributed by atoms with E-state index in [1.165, 1.54) is 0 Å². The topological polar surface area (TPSA) is 67.4 Å². The van der Waals surface area contributed by atoms with Gasteiger partial charge in [0.15, 0.2) is 11.6 Å². The Morgan fingerprint density at radius 2 is 2.14 bits per heavy atom. The van der Waals surface area contributed by atoms with Crippen LogP contribution < -0.4 is 10.2 Å². The standard InChI is InChI=1S/C15H24N4O2/c1-3-4-9-19(2)14-6-5-13(17-18-14)16-15(20)12-7-10-21-11-8-12/h5-6,12H,3-4,7-11H2,1-2H3,(H,16,17,20). The summed E-state index contributed by atoms with van der Waals surface area (Å²) >= 11 is 0. The predicted molar refractivity (Wildman–Crippen MR) is 82.4 cm³/mol. The average molecular weight is 292 g/mol. The molecule has 0 spiro atoms. The molecule has 0 atom stereocenters. The van der Waals surface area contributed by atoms with Crippen molar-refractivity contribution in [1.29, 1.82) is 0 Å². The summed E-state index contributed by atoms with van der Waals surface area (Å²) in [7, 11) is 2.00. The van der Waals surface area contributed by atoms with E-state index in [0.717, 1.165) is 38.0 Å². The molecule has 0 aliphatic carbocycles. The van der Waals surface area contributed by atoms with Gasteiger partial charge in [-0.1, -0.05) is 13.3 Å². The number of hydrogen-bond donors (Lipinski definition) is 1. The Hall–Kier alpha value is -1.69. The number of nitrogens with zero attached hydrogens (tertiary/aromatic N) is 3. The fourth-order valence-electron chi connectivity index (χ4n) is 2.29. The molecule has 1 amide bonds. The highest BCUT2D eigenvalue weighted by Crippen LogP contribution is 2.17. The number of unbranched alkanes of at least 4 members (excludes halogenated alkanes) is 1. The Labute approximate surface area is 125 Å². The van der Waals surface area contributed by atoms with Gasteiger partial charge in [-0.2, -0.15) is 0 Å². The molecule has 2 heterocycles. The van der Waals surface area contributed by atoms with E-state index < -0.39 is 0 Å². The summed E-state index contributed by atoms with van der Waals surface area (Å²) in [6.07, 6.45) is 3.83. The molecule has 1 N–H and O–H groups in total. The monoisotopic (exact) mass is 292 g/mol. The van der Waals surface area contributed by atoms with Gasteiger partial charge in [0.25, 0.3) is 0 Å². The van der Waals surface area contributed by atoms with Crippen LogP contribution in [0.3, 0.4) is 0 Å². The molecule has 2 rings (SSSR count). The fraction of sp³-hybridized carbons (Fsp3) is 0.667. The van der Waals surface area contributed by atoms with Crippen molar-refractivity contribution in [2.45, 2.75) is 32.6 Å². The highest BCUT2D eigenvalue weighted by atomic mass is 16.5. The van der Waals surface area contributed by atoms with Crippen molar-refractivity contribution < 1.29 is 9.53 Å². The molecule has 1 aliphatic heterocycles. The van der Waals surface area contributed by atoms with Crippen LogP contribution in [0.2, 0.25) is 0 Å². The van der Waals surface area contributed by atoms with Crippen molar-refractivity contribution in [2.75, 3.05) is 37.0 Å². The molecule has 0 saturated carbocycles. The van der Waals surface area contributed by atoms with E-state index in [0.29, 0.717) is 19.0 Å². The highest BCUT2D eigenvalue weighted by molar-refractivity contribution is 5.91. The van der Waals surface area contributed by atoms with E-state index in [-0.39, 0.29) is 11.8 Å². The Morgan fingerprint density at radius 3 is 2.76 bits per heavy atom. The van der Waals surface area contributed by atoms with Crippen molar-refractivity contribution in [2.24, 2.45) is 5.92 Å². The van der Waals surface area contributed by atoms with E-state index in [1.54, 1.807) is 0 Å². The molecule has 0 unspecified atom stereocenters. The second-order valence-electron chi connectivity index (χ2n) is 5.43. The lowest BCUT2D eigenvalue weighted by molar-refractivity contribution is -0.122. The SMILES string of the molecule is CCCCN(C)c1ccc(NC(=O)C2CCOCC2)nn1. The maximum Gasteiger partial charge on any atom is 0.228 e. The molecule has 1 saturated heterocycles. The molecular weight excluding hydrogens is 268 g/mol. The van der Waals surface area contributed by atoms with E-state index in [9.17, 15) is 4.79 Å². The zero-order chi connectivity index (χ0) is 15.1. The molecule has 1 aliphatic rings. The Morgan fingerprint density at radius 1 is 1.38 bits per heavy atom. The van der Waals surface area contributed by atoms with Crippen LogP contribution in [0.5, 0.6) is 0 Å². The number of carbonyl (C=O) groups excluding carboxylic acids is 1. The second-order valence-corrected chi connectivity index (χ2v) is 5.43. The van der Waals surface area contributed by atoms with Gasteiger partial charge in [-0.3, -0.25) is 4.79 Å². The summed E-state index contributed by atoms with van der Waals surface area (Å²) in [5.74, 6) is 1.37. The molecule has 1 aromatic heterocycles. The maximum absolute atomic E-state index is 12.1. The van der Waals surface area contributed by atoms with Gasteiger partial charge in [-0.05, 0) is 31.4 Å². The van der Waals surface area contributed by atoms with Crippen LogP contribution in [0.25, 0.3) is 0 Å². The Bertz CT molecular complexity index is 443. The van der Waals surface area contributed by atoms with Gasteiger partial charge in [0, 0.05) is 32.7 Å². The Kier molecular flexibility index (Phi) is 5.92. The molecule has 1 fully saturated rings. The van der Waals surface area contributed by atoms with Crippen molar-refractivity contribution >= 4 is 17.5 Å². The van der Waals surface area contributed by atoms with E-state index >= 15 is 0 Å². The number of ether oxygens (including phenoxy) is 1. The van der Waals surface area contributed by atoms with E-state index in [4.69, 9.17) is 4.74 Å². The first-order valence-electron chi connectivity index (χ1n) is 7.64. The minimum Gasteiger partial charge on any atom is -0.381 e. The van der Waals surface area contributed by atoms with Gasteiger partial charge in [-0.25, -0.2) is 0 Å². The minimum absolute atomic E-state index is 0.0136. The molecular formula is C15H24N4O2. The van der Waals surface area contributed by atoms with Crippen LogP contribution in [0, 0.1) is 5.92 Å². The number of hydrogen-bond acceptors (Lipinski definition) is 5. The lowest BCUT2D eigenvalue weighted by Crippen LogP contribution is -2.29. The quantitative estimate of drug-likeness (QED) is 0.869. The number of aromatic nitrogens is 2. The fourth-order valence-corrected chi connectivity index (χ4v) is 2.29. The average Bonchev–Trinajstić information content (AvgIpc) is 2.54. The van der Waals surface area contributed by atoms with E-state index in [2.05, 4.69) is 27.3 Å². The van der Waals surface area contributed by atoms with Gasteiger partial charge in [-0.15, -0.1) is 10.2 Å². The summed E-state index contributed by atoms with van der Waals surface area (Å²) < 4.78 is 5.26. The molecule has 0 radical (unpaired) electrons. The third-order valence-corrected chi connectivity index (χ3v) is 3.73. The first-order valence-corrected chi connectivity index (χ1v) is 7.64. The summed E-state index contributed by atoms with van der Waals surface area (Å²) in [5.41, 5.74) is 0. The van der Waals surface area contributed by atoms with E-state index in [1.807, 2.05) is 19.2 Å². The molecule has 116 valence electrons. The molecule has 21 heavy (non-hydrogen) atoms. The lowest BCUT2D eigenvalue weighted by atomic mass is 9.99. The molecule has 6 heteroatoms. The number of anilines is 2. The second kappa shape index (κ2) is 7.93. The Balaban J connectivity index is 1.88. The molecule has 6 nitrogen and oxygen atoms in total. The summed E-state index contributed by atoms with van der Waals surface area (Å²) in [4.78, 5) is 14.2. The first kappa shape index (κ1) is 15.7. The van der Waals surface area contributed by atoms with Crippen LogP contribution in [0.1, 0.15) is 32.6 Å². The minimum atomic E-state index is 0.0136. The highest BCUT2D eigenvalue weighted by Gasteiger charge is 2.21. The third kappa shape index (κ3) is 4.67. The third-order valence-electron chi connectivity index (χ3n) is 3.73. The van der Waals surface area contributed by atoms with Gasteiger partial charge < -0.3 is 15.0 Å². The van der Waals surface area contributed by atoms with Crippen molar-refractivity contribution in [3.05, 3.63) is 12.1 Å². The molecule has 0 aromatic carbocycles. The normalized spacial score (nSPS) is 15.7. The van der Waals surface area contributed by atoms with Gasteiger partial charge in [0.2, 0.25) is 5.91 Å². The number of carbonyl (C=O) groups is 1. The summed E-state index contributed by atoms with van der Waals surface area (Å²) in [5, 5.41) is 11.1. The molecule has 0 bridgehead atoms. The summed E-state index contributed by atoms with van der Waals surface area (Å²) in [6, 6.07) is 3.70. The van der Waals surface area contributed by atoms with Crippen LogP contribution in [0.4, 0.5) is 11.6 Å². The number of nitrogens with one attached hydrogen (secondary N) is 1. The number of amides is 1. The number of rotatable bonds is 6. The van der Waals surface area contributed by atoms with Crippen molar-refractivity contribution in [3.8, 4) is 0 Å². The lowest BCUT2D eigenvalue weighted by Gasteiger charge is -2.21. The molecule has 1 aromatic rings. The maximum atomic E-state index is 12.1. The van der Waals surface area contributed by atoms with Crippen molar-refractivity contribution in [3.63, 3.8) is 0 Å². The largest absolute Gasteiger partial charge is 0.381 e. The predicted octanol–water partition coefficient (Wildman–Crippen LogP) is 2.08. The van der Waals surface area contributed by atoms with Gasteiger partial charge in [0.05, 0.1) is 0 Å². The smallest absolute Gasteiger partial charge is 0.228 e. The summed E-state index contributed by atoms with van der Waals surface area (Å²) in [6.45, 7) is 4.43. The van der Waals surface area contributed by atoms with Crippen LogP contribution in [-0.2, 0) is 9.53 Å². The van der Waals surface area contributed by atoms with Crippen molar-refractivity contribution in [1.82, 2.24) is 10.2 Å².